The Kier molecular flexibility index (Phi) is 3.12. The van der Waals surface area contributed by atoms with Crippen molar-refractivity contribution in [1.29, 1.82) is 0 Å². The maximum Gasteiger partial charge on any atom is 0.0459 e. The number of hydrogen-bond acceptors (Lipinski definition) is 3. The van der Waals surface area contributed by atoms with Gasteiger partial charge in [-0.25, -0.2) is 0 Å². The Bertz CT molecular complexity index is 77.6. The van der Waals surface area contributed by atoms with Crippen LogP contribution < -0.4 is 11.3 Å². The fourth-order valence-electron chi connectivity index (χ4n) is 1.51. The standard InChI is InChI=1S/C7H16N2O/c8-9-7-3-1-6(5-10)2-4-7/h6-7,9-10H,1-5,8H2. The molecule has 0 aromatic rings. The summed E-state index contributed by atoms with van der Waals surface area (Å²) in [6.45, 7) is 0.345. The van der Waals surface area contributed by atoms with Crippen LogP contribution in [0.3, 0.4) is 0 Å². The van der Waals surface area contributed by atoms with Gasteiger partial charge >= 0.3 is 0 Å². The zero-order valence-electron chi connectivity index (χ0n) is 6.21. The second-order valence-corrected chi connectivity index (χ2v) is 3.07. The van der Waals surface area contributed by atoms with E-state index in [1.807, 2.05) is 0 Å². The molecular formula is C7H16N2O. The average Bonchev–Trinajstić information content (AvgIpc) is 2.05. The Labute approximate surface area is 61.6 Å². The minimum absolute atomic E-state index is 0.345. The fraction of sp³-hybridized carbons (Fsp3) is 1.00. The molecule has 3 heteroatoms. The Morgan fingerprint density at radius 2 is 1.90 bits per heavy atom. The second-order valence-electron chi connectivity index (χ2n) is 3.07. The van der Waals surface area contributed by atoms with Crippen LogP contribution in [0, 0.1) is 5.92 Å². The third-order valence-corrected chi connectivity index (χ3v) is 2.34. The molecule has 0 aromatic heterocycles. The third kappa shape index (κ3) is 1.94. The van der Waals surface area contributed by atoms with Crippen LogP contribution in [0.15, 0.2) is 0 Å². The third-order valence-electron chi connectivity index (χ3n) is 2.34. The molecule has 0 amide bonds. The number of aliphatic hydroxyl groups is 1. The Hall–Kier alpha value is -0.120. The molecule has 60 valence electrons. The van der Waals surface area contributed by atoms with E-state index in [-0.39, 0.29) is 0 Å². The Morgan fingerprint density at radius 1 is 1.30 bits per heavy atom. The van der Waals surface area contributed by atoms with Crippen LogP contribution in [-0.2, 0) is 0 Å². The quantitative estimate of drug-likeness (QED) is 0.378. The number of nitrogens with two attached hydrogens (primary N) is 1. The van der Waals surface area contributed by atoms with Crippen molar-refractivity contribution in [2.24, 2.45) is 11.8 Å². The molecule has 10 heavy (non-hydrogen) atoms. The van der Waals surface area contributed by atoms with E-state index in [2.05, 4.69) is 5.43 Å². The summed E-state index contributed by atoms with van der Waals surface area (Å²) in [4.78, 5) is 0. The molecule has 4 N–H and O–H groups in total. The van der Waals surface area contributed by atoms with Crippen molar-refractivity contribution in [2.45, 2.75) is 31.7 Å². The molecule has 0 unspecified atom stereocenters. The molecule has 0 bridgehead atoms. The van der Waals surface area contributed by atoms with E-state index in [1.165, 1.54) is 0 Å². The predicted octanol–water partition coefficient (Wildman–Crippen LogP) is 0.000800. The number of rotatable bonds is 2. The molecule has 0 atom stereocenters. The van der Waals surface area contributed by atoms with Gasteiger partial charge in [0.1, 0.15) is 0 Å². The van der Waals surface area contributed by atoms with Crippen LogP contribution >= 0.6 is 0 Å². The molecule has 0 spiro atoms. The van der Waals surface area contributed by atoms with E-state index in [4.69, 9.17) is 10.9 Å². The highest BCUT2D eigenvalue weighted by molar-refractivity contribution is 4.74. The molecule has 1 aliphatic rings. The molecule has 0 radical (unpaired) electrons. The topological polar surface area (TPSA) is 58.3 Å². The van der Waals surface area contributed by atoms with Crippen molar-refractivity contribution in [3.8, 4) is 0 Å². The van der Waals surface area contributed by atoms with E-state index in [9.17, 15) is 0 Å². The van der Waals surface area contributed by atoms with Crippen LogP contribution in [0.5, 0.6) is 0 Å². The van der Waals surface area contributed by atoms with Gasteiger partial charge in [-0.05, 0) is 31.6 Å². The summed E-state index contributed by atoms with van der Waals surface area (Å²) < 4.78 is 0. The van der Waals surface area contributed by atoms with E-state index in [0.29, 0.717) is 18.6 Å². The largest absolute Gasteiger partial charge is 0.396 e. The summed E-state index contributed by atoms with van der Waals surface area (Å²) in [7, 11) is 0. The molecule has 1 rings (SSSR count). The molecule has 1 aliphatic carbocycles. The van der Waals surface area contributed by atoms with Gasteiger partial charge in [0, 0.05) is 12.6 Å². The first-order chi connectivity index (χ1) is 4.86. The Balaban J connectivity index is 2.17. The van der Waals surface area contributed by atoms with Crippen LogP contribution in [0.25, 0.3) is 0 Å². The van der Waals surface area contributed by atoms with E-state index in [1.54, 1.807) is 0 Å². The van der Waals surface area contributed by atoms with Crippen molar-refractivity contribution < 1.29 is 5.11 Å². The molecule has 0 saturated heterocycles. The second kappa shape index (κ2) is 3.91. The van der Waals surface area contributed by atoms with Crippen molar-refractivity contribution in [3.05, 3.63) is 0 Å². The molecule has 1 saturated carbocycles. The van der Waals surface area contributed by atoms with Gasteiger partial charge in [0.2, 0.25) is 0 Å². The SMILES string of the molecule is NNC1CCC(CO)CC1. The summed E-state index contributed by atoms with van der Waals surface area (Å²) in [6.07, 6.45) is 4.46. The maximum atomic E-state index is 8.80. The lowest BCUT2D eigenvalue weighted by atomic mass is 9.87. The molecule has 0 aliphatic heterocycles. The number of aliphatic hydroxyl groups excluding tert-OH is 1. The first-order valence-electron chi connectivity index (χ1n) is 3.93. The smallest absolute Gasteiger partial charge is 0.0459 e. The van der Waals surface area contributed by atoms with Crippen LogP contribution in [0.2, 0.25) is 0 Å². The monoisotopic (exact) mass is 144 g/mol. The first kappa shape index (κ1) is 7.98. The Morgan fingerprint density at radius 3 is 2.30 bits per heavy atom. The predicted molar refractivity (Wildman–Crippen MR) is 40.2 cm³/mol. The minimum atomic E-state index is 0.345. The van der Waals surface area contributed by atoms with Gasteiger partial charge in [-0.3, -0.25) is 11.3 Å². The summed E-state index contributed by atoms with van der Waals surface area (Å²) >= 11 is 0. The van der Waals surface area contributed by atoms with Crippen molar-refractivity contribution in [3.63, 3.8) is 0 Å². The van der Waals surface area contributed by atoms with Crippen molar-refractivity contribution >= 4 is 0 Å². The van der Waals surface area contributed by atoms with E-state index < -0.39 is 0 Å². The zero-order chi connectivity index (χ0) is 7.40. The summed E-state index contributed by atoms with van der Waals surface area (Å²) in [6, 6.07) is 0.489. The van der Waals surface area contributed by atoms with Crippen LogP contribution in [-0.4, -0.2) is 17.8 Å². The summed E-state index contributed by atoms with van der Waals surface area (Å²) in [5, 5.41) is 8.80. The minimum Gasteiger partial charge on any atom is -0.396 e. The molecule has 3 nitrogen and oxygen atoms in total. The zero-order valence-corrected chi connectivity index (χ0v) is 6.21. The van der Waals surface area contributed by atoms with E-state index in [0.717, 1.165) is 25.7 Å². The molecule has 0 heterocycles. The van der Waals surface area contributed by atoms with Gasteiger partial charge in [0.05, 0.1) is 0 Å². The number of hydrogen-bond donors (Lipinski definition) is 3. The van der Waals surface area contributed by atoms with Gasteiger partial charge in [0.15, 0.2) is 0 Å². The lowest BCUT2D eigenvalue weighted by molar-refractivity contribution is 0.175. The van der Waals surface area contributed by atoms with Crippen LogP contribution in [0.1, 0.15) is 25.7 Å². The van der Waals surface area contributed by atoms with Gasteiger partial charge in [-0.15, -0.1) is 0 Å². The summed E-state index contributed by atoms with van der Waals surface area (Å²) in [5.74, 6) is 5.81. The molecule has 0 aromatic carbocycles. The fourth-order valence-corrected chi connectivity index (χ4v) is 1.51. The molecular weight excluding hydrogens is 128 g/mol. The lowest BCUT2D eigenvalue weighted by Gasteiger charge is -2.26. The van der Waals surface area contributed by atoms with Gasteiger partial charge in [-0.1, -0.05) is 0 Å². The average molecular weight is 144 g/mol. The van der Waals surface area contributed by atoms with Gasteiger partial charge < -0.3 is 5.11 Å². The highest BCUT2D eigenvalue weighted by Gasteiger charge is 2.18. The van der Waals surface area contributed by atoms with Gasteiger partial charge in [0.25, 0.3) is 0 Å². The highest BCUT2D eigenvalue weighted by Crippen LogP contribution is 2.22. The van der Waals surface area contributed by atoms with Crippen molar-refractivity contribution in [2.75, 3.05) is 6.61 Å². The highest BCUT2D eigenvalue weighted by atomic mass is 16.3. The van der Waals surface area contributed by atoms with Crippen LogP contribution in [0.4, 0.5) is 0 Å². The molecule has 1 fully saturated rings. The van der Waals surface area contributed by atoms with Gasteiger partial charge in [-0.2, -0.15) is 0 Å². The van der Waals surface area contributed by atoms with Crippen molar-refractivity contribution in [1.82, 2.24) is 5.43 Å². The van der Waals surface area contributed by atoms with E-state index >= 15 is 0 Å². The summed E-state index contributed by atoms with van der Waals surface area (Å²) in [5.41, 5.74) is 2.77. The number of nitrogens with one attached hydrogen (secondary N) is 1. The normalized spacial score (nSPS) is 34.2. The first-order valence-corrected chi connectivity index (χ1v) is 3.93. The number of hydrazine groups is 1. The maximum absolute atomic E-state index is 8.80. The lowest BCUT2D eigenvalue weighted by Crippen LogP contribution is -2.38.